The molecule has 0 aliphatic rings. The van der Waals surface area contributed by atoms with E-state index in [0.717, 1.165) is 10.2 Å². The fourth-order valence-electron chi connectivity index (χ4n) is 0.913. The van der Waals surface area contributed by atoms with E-state index in [2.05, 4.69) is 4.98 Å². The van der Waals surface area contributed by atoms with Gasteiger partial charge in [-0.05, 0) is 11.4 Å². The molecule has 0 aromatic carbocycles. The number of thiophene rings is 1. The maximum absolute atomic E-state index is 9.39. The predicted octanol–water partition coefficient (Wildman–Crippen LogP) is 1.58. The number of hydrogen-bond donors (Lipinski definition) is 2. The molecule has 3 nitrogen and oxygen atoms in total. The second kappa shape index (κ2) is 2.10. The van der Waals surface area contributed by atoms with Gasteiger partial charge in [-0.3, -0.25) is 4.98 Å². The van der Waals surface area contributed by atoms with Gasteiger partial charge >= 0.3 is 0 Å². The zero-order valence-electron chi connectivity index (χ0n) is 5.61. The van der Waals surface area contributed by atoms with E-state index in [1.807, 2.05) is 11.4 Å². The van der Waals surface area contributed by atoms with Crippen LogP contribution < -0.4 is 5.73 Å². The summed E-state index contributed by atoms with van der Waals surface area (Å²) in [5, 5.41) is 11.3. The van der Waals surface area contributed by atoms with E-state index < -0.39 is 0 Å². The van der Waals surface area contributed by atoms with Crippen molar-refractivity contribution in [2.75, 3.05) is 5.73 Å². The van der Waals surface area contributed by atoms with Gasteiger partial charge in [0.15, 0.2) is 5.75 Å². The van der Waals surface area contributed by atoms with Crippen LogP contribution in [0.4, 0.5) is 5.69 Å². The van der Waals surface area contributed by atoms with Crippen molar-refractivity contribution in [3.8, 4) is 5.75 Å². The molecule has 0 saturated carbocycles. The highest BCUT2D eigenvalue weighted by Crippen LogP contribution is 2.32. The molecule has 0 aliphatic heterocycles. The molecular formula is C7H6N2OS. The number of nitrogen functional groups attached to an aromatic ring is 1. The van der Waals surface area contributed by atoms with Crippen molar-refractivity contribution in [1.29, 1.82) is 0 Å². The first-order valence-electron chi connectivity index (χ1n) is 3.09. The lowest BCUT2D eigenvalue weighted by atomic mass is 10.3. The number of nitrogens with zero attached hydrogens (tertiary/aromatic N) is 1. The number of nitrogens with two attached hydrogens (primary N) is 1. The Morgan fingerprint density at radius 1 is 1.55 bits per heavy atom. The van der Waals surface area contributed by atoms with Crippen LogP contribution in [0.25, 0.3) is 10.2 Å². The van der Waals surface area contributed by atoms with Crippen LogP contribution in [0.5, 0.6) is 5.75 Å². The Bertz CT molecular complexity index is 396. The second-order valence-corrected chi connectivity index (χ2v) is 3.11. The van der Waals surface area contributed by atoms with Crippen molar-refractivity contribution >= 4 is 27.2 Å². The zero-order chi connectivity index (χ0) is 7.84. The molecule has 2 heterocycles. The van der Waals surface area contributed by atoms with Crippen LogP contribution in [0.2, 0.25) is 0 Å². The van der Waals surface area contributed by atoms with Crippen LogP contribution in [0.1, 0.15) is 0 Å². The third kappa shape index (κ3) is 0.832. The number of anilines is 1. The number of hydrogen-bond acceptors (Lipinski definition) is 4. The average Bonchev–Trinajstić information content (AvgIpc) is 2.45. The highest BCUT2D eigenvalue weighted by Gasteiger charge is 2.04. The zero-order valence-corrected chi connectivity index (χ0v) is 6.43. The van der Waals surface area contributed by atoms with Gasteiger partial charge in [-0.2, -0.15) is 0 Å². The predicted molar refractivity (Wildman–Crippen MR) is 45.7 cm³/mol. The lowest BCUT2D eigenvalue weighted by Gasteiger charge is -1.96. The van der Waals surface area contributed by atoms with Gasteiger partial charge < -0.3 is 10.8 Å². The van der Waals surface area contributed by atoms with Crippen LogP contribution in [-0.2, 0) is 0 Å². The molecule has 0 radical (unpaired) electrons. The minimum absolute atomic E-state index is 0.144. The lowest BCUT2D eigenvalue weighted by molar-refractivity contribution is 0.484. The minimum atomic E-state index is 0.144. The summed E-state index contributed by atoms with van der Waals surface area (Å²) in [6.07, 6.45) is 1.46. The summed E-state index contributed by atoms with van der Waals surface area (Å²) in [5.41, 5.74) is 6.57. The molecule has 4 heteroatoms. The quantitative estimate of drug-likeness (QED) is 0.624. The second-order valence-electron chi connectivity index (χ2n) is 2.20. The number of aromatic hydroxyl groups is 1. The van der Waals surface area contributed by atoms with Crippen LogP contribution >= 0.6 is 11.3 Å². The Balaban J connectivity index is 2.93. The summed E-state index contributed by atoms with van der Waals surface area (Å²) in [6.45, 7) is 0. The fraction of sp³-hybridized carbons (Fsp3) is 0. The van der Waals surface area contributed by atoms with Gasteiger partial charge in [-0.1, -0.05) is 0 Å². The number of pyridine rings is 1. The molecule has 3 N–H and O–H groups in total. The van der Waals surface area contributed by atoms with Crippen molar-refractivity contribution in [3.05, 3.63) is 17.6 Å². The molecule has 0 saturated heterocycles. The van der Waals surface area contributed by atoms with Gasteiger partial charge in [0.25, 0.3) is 0 Å². The summed E-state index contributed by atoms with van der Waals surface area (Å²) < 4.78 is 0.755. The van der Waals surface area contributed by atoms with Gasteiger partial charge in [0.2, 0.25) is 0 Å². The standard InChI is InChI=1S/C7H6N2OS/c8-4-3-9-5-1-2-11-7(5)6(4)10/h1-3H,8H2,(H,9,10). The molecule has 0 bridgehead atoms. The molecule has 0 aliphatic carbocycles. The van der Waals surface area contributed by atoms with E-state index in [0.29, 0.717) is 5.69 Å². The van der Waals surface area contributed by atoms with Gasteiger partial charge in [-0.25, -0.2) is 0 Å². The van der Waals surface area contributed by atoms with Crippen molar-refractivity contribution < 1.29 is 5.11 Å². The highest BCUT2D eigenvalue weighted by atomic mass is 32.1. The first kappa shape index (κ1) is 6.42. The molecule has 56 valence electrons. The molecule has 2 aromatic heterocycles. The monoisotopic (exact) mass is 166 g/mol. The van der Waals surface area contributed by atoms with Crippen molar-refractivity contribution in [3.63, 3.8) is 0 Å². The number of rotatable bonds is 0. The summed E-state index contributed by atoms with van der Waals surface area (Å²) in [4.78, 5) is 4.03. The topological polar surface area (TPSA) is 59.1 Å². The third-order valence-electron chi connectivity index (χ3n) is 1.48. The van der Waals surface area contributed by atoms with Gasteiger partial charge in [-0.15, -0.1) is 11.3 Å². The molecule has 0 fully saturated rings. The first-order valence-corrected chi connectivity index (χ1v) is 3.97. The van der Waals surface area contributed by atoms with Crippen molar-refractivity contribution in [2.45, 2.75) is 0 Å². The van der Waals surface area contributed by atoms with E-state index in [1.165, 1.54) is 17.5 Å². The van der Waals surface area contributed by atoms with Crippen LogP contribution in [0.15, 0.2) is 17.6 Å². The maximum atomic E-state index is 9.39. The fourth-order valence-corrected chi connectivity index (χ4v) is 1.72. The van der Waals surface area contributed by atoms with E-state index in [-0.39, 0.29) is 5.75 Å². The smallest absolute Gasteiger partial charge is 0.159 e. The Labute approximate surface area is 67.1 Å². The first-order chi connectivity index (χ1) is 5.29. The normalized spacial score (nSPS) is 10.5. The van der Waals surface area contributed by atoms with E-state index >= 15 is 0 Å². The third-order valence-corrected chi connectivity index (χ3v) is 2.39. The van der Waals surface area contributed by atoms with E-state index in [4.69, 9.17) is 5.73 Å². The Morgan fingerprint density at radius 2 is 2.36 bits per heavy atom. The number of aromatic nitrogens is 1. The van der Waals surface area contributed by atoms with Gasteiger partial charge in [0.1, 0.15) is 0 Å². The summed E-state index contributed by atoms with van der Waals surface area (Å²) in [5.74, 6) is 0.144. The Morgan fingerprint density at radius 3 is 3.18 bits per heavy atom. The van der Waals surface area contributed by atoms with Gasteiger partial charge in [0, 0.05) is 0 Å². The molecule has 11 heavy (non-hydrogen) atoms. The van der Waals surface area contributed by atoms with E-state index in [1.54, 1.807) is 0 Å². The molecule has 2 rings (SSSR count). The summed E-state index contributed by atoms with van der Waals surface area (Å²) >= 11 is 1.44. The molecule has 0 atom stereocenters. The molecule has 0 spiro atoms. The molecular weight excluding hydrogens is 160 g/mol. The summed E-state index contributed by atoms with van der Waals surface area (Å²) in [6, 6.07) is 1.85. The minimum Gasteiger partial charge on any atom is -0.504 e. The van der Waals surface area contributed by atoms with Crippen molar-refractivity contribution in [1.82, 2.24) is 4.98 Å². The molecule has 0 amide bonds. The van der Waals surface area contributed by atoms with Crippen LogP contribution in [0, 0.1) is 0 Å². The largest absolute Gasteiger partial charge is 0.504 e. The van der Waals surface area contributed by atoms with E-state index in [9.17, 15) is 5.11 Å². The SMILES string of the molecule is Nc1cnc2ccsc2c1O. The lowest BCUT2D eigenvalue weighted by Crippen LogP contribution is -1.86. The average molecular weight is 166 g/mol. The molecule has 0 unspecified atom stereocenters. The Hall–Kier alpha value is -1.29. The van der Waals surface area contributed by atoms with Crippen LogP contribution in [-0.4, -0.2) is 10.1 Å². The Kier molecular flexibility index (Phi) is 1.22. The van der Waals surface area contributed by atoms with Gasteiger partial charge in [0.05, 0.1) is 22.1 Å². The maximum Gasteiger partial charge on any atom is 0.159 e. The summed E-state index contributed by atoms with van der Waals surface area (Å²) in [7, 11) is 0. The van der Waals surface area contributed by atoms with Crippen LogP contribution in [0.3, 0.4) is 0 Å². The van der Waals surface area contributed by atoms with Crippen molar-refractivity contribution in [2.24, 2.45) is 0 Å². The molecule has 2 aromatic rings. The number of fused-ring (bicyclic) bond motifs is 1. The highest BCUT2D eigenvalue weighted by molar-refractivity contribution is 7.17.